The Morgan fingerprint density at radius 2 is 2.17 bits per heavy atom. The normalized spacial score (nSPS) is 29.5. The number of nitrogens with zero attached hydrogens (tertiary/aromatic N) is 1. The second-order valence-corrected chi connectivity index (χ2v) is 4.39. The summed E-state index contributed by atoms with van der Waals surface area (Å²) in [7, 11) is 2.19. The summed E-state index contributed by atoms with van der Waals surface area (Å²) >= 11 is 0. The van der Waals surface area contributed by atoms with Crippen LogP contribution in [0.4, 0.5) is 0 Å². The van der Waals surface area contributed by atoms with Crippen LogP contribution in [0.3, 0.4) is 0 Å². The Kier molecular flexibility index (Phi) is 3.13. The van der Waals surface area contributed by atoms with Gasteiger partial charge in [0.05, 0.1) is 6.61 Å². The third-order valence-electron chi connectivity index (χ3n) is 3.02. The van der Waals surface area contributed by atoms with E-state index in [1.807, 2.05) is 0 Å². The summed E-state index contributed by atoms with van der Waals surface area (Å²) in [6.45, 7) is 9.66. The molecule has 2 heteroatoms. The van der Waals surface area contributed by atoms with Gasteiger partial charge in [-0.3, -0.25) is 0 Å². The highest BCUT2D eigenvalue weighted by molar-refractivity contribution is 4.91. The van der Waals surface area contributed by atoms with Crippen molar-refractivity contribution in [3.8, 4) is 0 Å². The molecule has 12 heavy (non-hydrogen) atoms. The standard InChI is InChI=1S/C10H21NO/c1-5-12-8-9-10(2,3)6-7-11(9)4/h9H,5-8H2,1-4H3/t9-/m0/s1. The third-order valence-corrected chi connectivity index (χ3v) is 3.02. The van der Waals surface area contributed by atoms with Crippen LogP contribution < -0.4 is 0 Å². The van der Waals surface area contributed by atoms with Gasteiger partial charge in [-0.05, 0) is 32.4 Å². The SMILES string of the molecule is CCOC[C@@H]1N(C)CCC1(C)C. The Balaban J connectivity index is 2.47. The molecular formula is C10H21NO. The highest BCUT2D eigenvalue weighted by Crippen LogP contribution is 2.34. The molecule has 0 aromatic rings. The van der Waals surface area contributed by atoms with Gasteiger partial charge in [0.1, 0.15) is 0 Å². The molecule has 0 spiro atoms. The van der Waals surface area contributed by atoms with E-state index < -0.39 is 0 Å². The first kappa shape index (κ1) is 10.0. The molecule has 0 aliphatic carbocycles. The van der Waals surface area contributed by atoms with Gasteiger partial charge < -0.3 is 9.64 Å². The third kappa shape index (κ3) is 1.99. The van der Waals surface area contributed by atoms with E-state index >= 15 is 0 Å². The number of hydrogen-bond acceptors (Lipinski definition) is 2. The lowest BCUT2D eigenvalue weighted by atomic mass is 9.85. The molecule has 1 aliphatic heterocycles. The van der Waals surface area contributed by atoms with E-state index in [2.05, 4.69) is 32.7 Å². The van der Waals surface area contributed by atoms with E-state index in [1.54, 1.807) is 0 Å². The second kappa shape index (κ2) is 3.75. The summed E-state index contributed by atoms with van der Waals surface area (Å²) in [5.74, 6) is 0. The molecule has 1 aliphatic rings. The number of likely N-dealkylation sites (N-methyl/N-ethyl adjacent to an activating group) is 1. The molecule has 1 saturated heterocycles. The predicted molar refractivity (Wildman–Crippen MR) is 51.3 cm³/mol. The maximum Gasteiger partial charge on any atom is 0.0626 e. The summed E-state index contributed by atoms with van der Waals surface area (Å²) in [4.78, 5) is 2.41. The molecule has 72 valence electrons. The molecular weight excluding hydrogens is 150 g/mol. The van der Waals surface area contributed by atoms with Crippen molar-refractivity contribution in [1.82, 2.24) is 4.90 Å². The maximum absolute atomic E-state index is 5.48. The average molecular weight is 171 g/mol. The second-order valence-electron chi connectivity index (χ2n) is 4.39. The Morgan fingerprint density at radius 1 is 1.50 bits per heavy atom. The molecule has 1 atom stereocenters. The molecule has 1 rings (SSSR count). The van der Waals surface area contributed by atoms with Gasteiger partial charge in [0.2, 0.25) is 0 Å². The Labute approximate surface area is 75.9 Å². The van der Waals surface area contributed by atoms with Crippen molar-refractivity contribution in [2.45, 2.75) is 33.2 Å². The Morgan fingerprint density at radius 3 is 2.58 bits per heavy atom. The van der Waals surface area contributed by atoms with E-state index in [1.165, 1.54) is 13.0 Å². The van der Waals surface area contributed by atoms with Gasteiger partial charge in [-0.25, -0.2) is 0 Å². The lowest BCUT2D eigenvalue weighted by Crippen LogP contribution is -2.38. The highest BCUT2D eigenvalue weighted by atomic mass is 16.5. The van der Waals surface area contributed by atoms with Crippen LogP contribution in [-0.4, -0.2) is 37.7 Å². The minimum atomic E-state index is 0.434. The topological polar surface area (TPSA) is 12.5 Å². The van der Waals surface area contributed by atoms with Crippen molar-refractivity contribution in [2.24, 2.45) is 5.41 Å². The summed E-state index contributed by atoms with van der Waals surface area (Å²) in [6, 6.07) is 0.609. The zero-order chi connectivity index (χ0) is 9.19. The summed E-state index contributed by atoms with van der Waals surface area (Å²) in [5, 5.41) is 0. The molecule has 0 saturated carbocycles. The predicted octanol–water partition coefficient (Wildman–Crippen LogP) is 1.75. The van der Waals surface area contributed by atoms with Crippen molar-refractivity contribution in [2.75, 3.05) is 26.8 Å². The van der Waals surface area contributed by atoms with Crippen LogP contribution in [0.25, 0.3) is 0 Å². The molecule has 0 aromatic carbocycles. The lowest BCUT2D eigenvalue weighted by molar-refractivity contribution is 0.0596. The average Bonchev–Trinajstić information content (AvgIpc) is 2.24. The zero-order valence-electron chi connectivity index (χ0n) is 8.76. The lowest BCUT2D eigenvalue weighted by Gasteiger charge is -2.30. The van der Waals surface area contributed by atoms with Crippen molar-refractivity contribution >= 4 is 0 Å². The van der Waals surface area contributed by atoms with Crippen LogP contribution in [0.2, 0.25) is 0 Å². The van der Waals surface area contributed by atoms with Crippen molar-refractivity contribution in [3.05, 3.63) is 0 Å². The van der Waals surface area contributed by atoms with Crippen LogP contribution >= 0.6 is 0 Å². The van der Waals surface area contributed by atoms with Crippen LogP contribution in [-0.2, 0) is 4.74 Å². The van der Waals surface area contributed by atoms with Crippen LogP contribution in [0, 0.1) is 5.41 Å². The molecule has 2 nitrogen and oxygen atoms in total. The molecule has 1 heterocycles. The van der Waals surface area contributed by atoms with E-state index in [-0.39, 0.29) is 0 Å². The van der Waals surface area contributed by atoms with Gasteiger partial charge in [-0.15, -0.1) is 0 Å². The van der Waals surface area contributed by atoms with Gasteiger partial charge in [-0.2, -0.15) is 0 Å². The van der Waals surface area contributed by atoms with Gasteiger partial charge in [0.15, 0.2) is 0 Å². The Bertz CT molecular complexity index is 145. The first-order chi connectivity index (χ1) is 5.58. The van der Waals surface area contributed by atoms with Gasteiger partial charge in [0.25, 0.3) is 0 Å². The van der Waals surface area contributed by atoms with E-state index in [9.17, 15) is 0 Å². The van der Waals surface area contributed by atoms with Gasteiger partial charge >= 0.3 is 0 Å². The minimum absolute atomic E-state index is 0.434. The van der Waals surface area contributed by atoms with E-state index in [0.717, 1.165) is 13.2 Å². The number of rotatable bonds is 3. The van der Waals surface area contributed by atoms with E-state index in [4.69, 9.17) is 4.74 Å². The van der Waals surface area contributed by atoms with Crippen LogP contribution in [0.1, 0.15) is 27.2 Å². The smallest absolute Gasteiger partial charge is 0.0626 e. The summed E-state index contributed by atoms with van der Waals surface area (Å²) in [6.07, 6.45) is 1.29. The minimum Gasteiger partial charge on any atom is -0.380 e. The maximum atomic E-state index is 5.48. The molecule has 1 fully saturated rings. The summed E-state index contributed by atoms with van der Waals surface area (Å²) in [5.41, 5.74) is 0.434. The largest absolute Gasteiger partial charge is 0.380 e. The zero-order valence-corrected chi connectivity index (χ0v) is 8.76. The van der Waals surface area contributed by atoms with Crippen LogP contribution in [0.15, 0.2) is 0 Å². The Hall–Kier alpha value is -0.0800. The molecule has 0 bridgehead atoms. The number of likely N-dealkylation sites (tertiary alicyclic amines) is 1. The fourth-order valence-electron chi connectivity index (χ4n) is 1.97. The molecule has 0 amide bonds. The first-order valence-corrected chi connectivity index (χ1v) is 4.86. The van der Waals surface area contributed by atoms with Gasteiger partial charge in [0, 0.05) is 12.6 Å². The number of hydrogen-bond donors (Lipinski definition) is 0. The van der Waals surface area contributed by atoms with Gasteiger partial charge in [-0.1, -0.05) is 13.8 Å². The monoisotopic (exact) mass is 171 g/mol. The van der Waals surface area contributed by atoms with E-state index in [0.29, 0.717) is 11.5 Å². The molecule has 0 N–H and O–H groups in total. The molecule has 0 radical (unpaired) electrons. The fourth-order valence-corrected chi connectivity index (χ4v) is 1.97. The van der Waals surface area contributed by atoms with Crippen LogP contribution in [0.5, 0.6) is 0 Å². The highest BCUT2D eigenvalue weighted by Gasteiger charge is 2.38. The first-order valence-electron chi connectivity index (χ1n) is 4.86. The molecule has 0 unspecified atom stereocenters. The van der Waals surface area contributed by atoms with Crippen molar-refractivity contribution < 1.29 is 4.74 Å². The summed E-state index contributed by atoms with van der Waals surface area (Å²) < 4.78 is 5.48. The fraction of sp³-hybridized carbons (Fsp3) is 1.00. The number of ether oxygens (including phenoxy) is 1. The quantitative estimate of drug-likeness (QED) is 0.641. The van der Waals surface area contributed by atoms with Crippen molar-refractivity contribution in [3.63, 3.8) is 0 Å². The van der Waals surface area contributed by atoms with Crippen molar-refractivity contribution in [1.29, 1.82) is 0 Å². The molecule has 0 aromatic heterocycles.